The van der Waals surface area contributed by atoms with Crippen LogP contribution in [0.5, 0.6) is 0 Å². The van der Waals surface area contributed by atoms with Crippen LogP contribution in [0.25, 0.3) is 0 Å². The van der Waals surface area contributed by atoms with Gasteiger partial charge < -0.3 is 14.7 Å². The number of hydrogen-bond donors (Lipinski definition) is 1. The molecule has 126 valence electrons. The first kappa shape index (κ1) is 17.5. The van der Waals surface area contributed by atoms with Crippen LogP contribution in [0.2, 0.25) is 0 Å². The van der Waals surface area contributed by atoms with Crippen molar-refractivity contribution in [2.24, 2.45) is 5.41 Å². The molecule has 0 radical (unpaired) electrons. The van der Waals surface area contributed by atoms with Crippen LogP contribution in [0.3, 0.4) is 0 Å². The lowest BCUT2D eigenvalue weighted by molar-refractivity contribution is -0.159. The van der Waals surface area contributed by atoms with Gasteiger partial charge in [0.05, 0.1) is 6.61 Å². The van der Waals surface area contributed by atoms with E-state index in [0.29, 0.717) is 25.8 Å². The Balaban J connectivity index is 2.03. The van der Waals surface area contributed by atoms with Crippen LogP contribution in [0.4, 0.5) is 0 Å². The molecule has 2 atom stereocenters. The fourth-order valence-electron chi connectivity index (χ4n) is 3.27. The standard InChI is InChI=1S/C18H25NO4/c1-14(15-7-4-3-5-8-15)11-16(20)19-10-6-9-18(12-19,13-23-2)17(21)22/h3-5,7-8,14H,6,9-13H2,1-2H3,(H,21,22). The normalized spacial score (nSPS) is 22.6. The largest absolute Gasteiger partial charge is 0.481 e. The lowest BCUT2D eigenvalue weighted by Crippen LogP contribution is -2.52. The van der Waals surface area contributed by atoms with E-state index in [1.54, 1.807) is 4.90 Å². The highest BCUT2D eigenvalue weighted by Crippen LogP contribution is 2.32. The Kier molecular flexibility index (Phi) is 5.77. The lowest BCUT2D eigenvalue weighted by Gasteiger charge is -2.39. The summed E-state index contributed by atoms with van der Waals surface area (Å²) >= 11 is 0. The van der Waals surface area contributed by atoms with Crippen molar-refractivity contribution in [1.29, 1.82) is 0 Å². The van der Waals surface area contributed by atoms with Gasteiger partial charge >= 0.3 is 5.97 Å². The van der Waals surface area contributed by atoms with Gasteiger partial charge in [-0.2, -0.15) is 0 Å². The van der Waals surface area contributed by atoms with E-state index in [4.69, 9.17) is 4.74 Å². The minimum Gasteiger partial charge on any atom is -0.481 e. The molecule has 0 spiro atoms. The van der Waals surface area contributed by atoms with Gasteiger partial charge in [-0.1, -0.05) is 37.3 Å². The molecule has 5 nitrogen and oxygen atoms in total. The molecule has 1 aromatic carbocycles. The van der Waals surface area contributed by atoms with E-state index in [9.17, 15) is 14.7 Å². The molecule has 0 bridgehead atoms. The zero-order valence-corrected chi connectivity index (χ0v) is 13.8. The molecule has 23 heavy (non-hydrogen) atoms. The summed E-state index contributed by atoms with van der Waals surface area (Å²) in [5.74, 6) is -0.747. The molecule has 1 aliphatic heterocycles. The quantitative estimate of drug-likeness (QED) is 0.875. The molecule has 5 heteroatoms. The number of carboxylic acids is 1. The Bertz CT molecular complexity index is 541. The van der Waals surface area contributed by atoms with Crippen LogP contribution in [-0.2, 0) is 14.3 Å². The summed E-state index contributed by atoms with van der Waals surface area (Å²) < 4.78 is 5.11. The Morgan fingerprint density at radius 2 is 2.04 bits per heavy atom. The molecular formula is C18H25NO4. The first-order chi connectivity index (χ1) is 11.0. The molecule has 2 unspecified atom stereocenters. The van der Waals surface area contributed by atoms with Crippen LogP contribution >= 0.6 is 0 Å². The summed E-state index contributed by atoms with van der Waals surface area (Å²) in [4.78, 5) is 25.9. The zero-order chi connectivity index (χ0) is 16.9. The van der Waals surface area contributed by atoms with Crippen molar-refractivity contribution >= 4 is 11.9 Å². The van der Waals surface area contributed by atoms with E-state index in [0.717, 1.165) is 5.56 Å². The summed E-state index contributed by atoms with van der Waals surface area (Å²) in [5.41, 5.74) is 0.151. The van der Waals surface area contributed by atoms with Crippen LogP contribution < -0.4 is 0 Å². The Morgan fingerprint density at radius 3 is 2.65 bits per heavy atom. The second-order valence-corrected chi connectivity index (χ2v) is 6.45. The predicted molar refractivity (Wildman–Crippen MR) is 87.2 cm³/mol. The molecular weight excluding hydrogens is 294 g/mol. The molecule has 1 aromatic rings. The number of rotatable bonds is 6. The van der Waals surface area contributed by atoms with Gasteiger partial charge in [0.15, 0.2) is 0 Å². The average molecular weight is 319 g/mol. The molecule has 0 aliphatic carbocycles. The molecule has 0 aromatic heterocycles. The number of benzene rings is 1. The summed E-state index contributed by atoms with van der Waals surface area (Å²) in [6.45, 7) is 3.02. The summed E-state index contributed by atoms with van der Waals surface area (Å²) in [7, 11) is 1.50. The van der Waals surface area contributed by atoms with Crippen LogP contribution in [0, 0.1) is 5.41 Å². The van der Waals surface area contributed by atoms with Gasteiger partial charge in [0.1, 0.15) is 5.41 Å². The number of carbonyl (C=O) groups is 2. The van der Waals surface area contributed by atoms with E-state index in [1.165, 1.54) is 7.11 Å². The molecule has 1 amide bonds. The second-order valence-electron chi connectivity index (χ2n) is 6.45. The maximum atomic E-state index is 12.6. The van der Waals surface area contributed by atoms with Gasteiger partial charge in [0.2, 0.25) is 5.91 Å². The Labute approximate surface area is 137 Å². The van der Waals surface area contributed by atoms with Crippen LogP contribution in [0.15, 0.2) is 30.3 Å². The van der Waals surface area contributed by atoms with Crippen LogP contribution in [-0.4, -0.2) is 48.7 Å². The third-order valence-electron chi connectivity index (χ3n) is 4.65. The fraction of sp³-hybridized carbons (Fsp3) is 0.556. The second kappa shape index (κ2) is 7.59. The van der Waals surface area contributed by atoms with E-state index >= 15 is 0 Å². The summed E-state index contributed by atoms with van der Waals surface area (Å²) in [5, 5.41) is 9.56. The topological polar surface area (TPSA) is 66.8 Å². The van der Waals surface area contributed by atoms with E-state index in [-0.39, 0.29) is 25.0 Å². The third kappa shape index (κ3) is 4.10. The van der Waals surface area contributed by atoms with Gasteiger partial charge in [-0.15, -0.1) is 0 Å². The highest BCUT2D eigenvalue weighted by molar-refractivity contribution is 5.80. The van der Waals surface area contributed by atoms with Crippen molar-refractivity contribution in [2.75, 3.05) is 26.8 Å². The third-order valence-corrected chi connectivity index (χ3v) is 4.65. The Morgan fingerprint density at radius 1 is 1.35 bits per heavy atom. The summed E-state index contributed by atoms with van der Waals surface area (Å²) in [6, 6.07) is 9.91. The number of methoxy groups -OCH3 is 1. The monoisotopic (exact) mass is 319 g/mol. The molecule has 1 heterocycles. The van der Waals surface area contributed by atoms with Crippen molar-refractivity contribution in [2.45, 2.75) is 32.1 Å². The van der Waals surface area contributed by atoms with Gasteiger partial charge in [0.25, 0.3) is 0 Å². The minimum atomic E-state index is -0.974. The van der Waals surface area contributed by atoms with Crippen molar-refractivity contribution in [3.05, 3.63) is 35.9 Å². The highest BCUT2D eigenvalue weighted by atomic mass is 16.5. The van der Waals surface area contributed by atoms with E-state index in [2.05, 4.69) is 0 Å². The zero-order valence-electron chi connectivity index (χ0n) is 13.8. The highest BCUT2D eigenvalue weighted by Gasteiger charge is 2.43. The number of carbonyl (C=O) groups excluding carboxylic acids is 1. The lowest BCUT2D eigenvalue weighted by atomic mass is 9.80. The molecule has 2 rings (SSSR count). The van der Waals surface area contributed by atoms with Crippen molar-refractivity contribution in [3.63, 3.8) is 0 Å². The first-order valence-electron chi connectivity index (χ1n) is 8.03. The average Bonchev–Trinajstić information content (AvgIpc) is 2.56. The molecule has 1 saturated heterocycles. The molecule has 1 aliphatic rings. The number of nitrogens with zero attached hydrogens (tertiary/aromatic N) is 1. The number of amides is 1. The molecule has 1 fully saturated rings. The predicted octanol–water partition coefficient (Wildman–Crippen LogP) is 2.52. The van der Waals surface area contributed by atoms with Gasteiger partial charge in [0, 0.05) is 26.6 Å². The van der Waals surface area contributed by atoms with Crippen LogP contribution in [0.1, 0.15) is 37.7 Å². The fourth-order valence-corrected chi connectivity index (χ4v) is 3.27. The number of ether oxygens (including phenoxy) is 1. The number of aliphatic carboxylic acids is 1. The maximum absolute atomic E-state index is 12.6. The van der Waals surface area contributed by atoms with E-state index < -0.39 is 11.4 Å². The smallest absolute Gasteiger partial charge is 0.313 e. The Hall–Kier alpha value is -1.88. The van der Waals surface area contributed by atoms with Gasteiger partial charge in [-0.3, -0.25) is 9.59 Å². The van der Waals surface area contributed by atoms with Gasteiger partial charge in [-0.05, 0) is 24.3 Å². The minimum absolute atomic E-state index is 0.0165. The number of carboxylic acid groups (broad SMARTS) is 1. The SMILES string of the molecule is COCC1(C(=O)O)CCCN(C(=O)CC(C)c2ccccc2)C1. The number of hydrogen-bond acceptors (Lipinski definition) is 3. The van der Waals surface area contributed by atoms with E-state index in [1.807, 2.05) is 37.3 Å². The van der Waals surface area contributed by atoms with Crippen molar-refractivity contribution < 1.29 is 19.4 Å². The number of piperidine rings is 1. The molecule has 1 N–H and O–H groups in total. The summed E-state index contributed by atoms with van der Waals surface area (Å²) in [6.07, 6.45) is 1.64. The van der Waals surface area contributed by atoms with Crippen molar-refractivity contribution in [1.82, 2.24) is 4.90 Å². The van der Waals surface area contributed by atoms with Gasteiger partial charge in [-0.25, -0.2) is 0 Å². The van der Waals surface area contributed by atoms with Crippen molar-refractivity contribution in [3.8, 4) is 0 Å². The number of likely N-dealkylation sites (tertiary alicyclic amines) is 1. The molecule has 0 saturated carbocycles. The first-order valence-corrected chi connectivity index (χ1v) is 8.03. The maximum Gasteiger partial charge on any atom is 0.313 e.